The molecule has 2 heteroatoms. The molecule has 46 valence electrons. The van der Waals surface area contributed by atoms with E-state index < -0.39 is 0 Å². The van der Waals surface area contributed by atoms with E-state index in [4.69, 9.17) is 9.84 Å². The van der Waals surface area contributed by atoms with Crippen molar-refractivity contribution in [3.05, 3.63) is 11.8 Å². The van der Waals surface area contributed by atoms with Crippen molar-refractivity contribution in [3.63, 3.8) is 0 Å². The number of aliphatic hydroxyl groups is 1. The first kappa shape index (κ1) is 5.63. The predicted molar refractivity (Wildman–Crippen MR) is 30.4 cm³/mol. The Kier molecular flexibility index (Phi) is 1.92. The average Bonchev–Trinajstić information content (AvgIpc) is 2.19. The number of aliphatic hydroxyl groups excluding tert-OH is 1. The molecule has 1 heterocycles. The van der Waals surface area contributed by atoms with Crippen LogP contribution >= 0.6 is 0 Å². The fourth-order valence-electron chi connectivity index (χ4n) is 0.785. The summed E-state index contributed by atoms with van der Waals surface area (Å²) in [6.07, 6.45) is 3.82. The molecule has 0 aliphatic carbocycles. The molecule has 0 aromatic rings. The molecule has 1 N–H and O–H groups in total. The van der Waals surface area contributed by atoms with Crippen LogP contribution in [0, 0.1) is 0 Å². The van der Waals surface area contributed by atoms with Gasteiger partial charge < -0.3 is 9.84 Å². The fourth-order valence-corrected chi connectivity index (χ4v) is 0.785. The van der Waals surface area contributed by atoms with Crippen molar-refractivity contribution < 1.29 is 9.84 Å². The maximum Gasteiger partial charge on any atom is 0.0944 e. The van der Waals surface area contributed by atoms with Crippen molar-refractivity contribution in [2.45, 2.75) is 12.8 Å². The molecule has 0 bridgehead atoms. The lowest BCUT2D eigenvalue weighted by Gasteiger charge is -1.93. The Labute approximate surface area is 48.8 Å². The zero-order chi connectivity index (χ0) is 5.82. The number of rotatable bonds is 1. The van der Waals surface area contributed by atoms with E-state index in [0.29, 0.717) is 0 Å². The van der Waals surface area contributed by atoms with Crippen molar-refractivity contribution in [1.82, 2.24) is 0 Å². The van der Waals surface area contributed by atoms with Crippen LogP contribution in [-0.2, 0) is 4.74 Å². The molecule has 1 rings (SSSR count). The summed E-state index contributed by atoms with van der Waals surface area (Å²) in [6.45, 7) is 0.932. The molecule has 1 aliphatic rings. The summed E-state index contributed by atoms with van der Waals surface area (Å²) in [6, 6.07) is 0. The van der Waals surface area contributed by atoms with Crippen molar-refractivity contribution >= 4 is 0 Å². The summed E-state index contributed by atoms with van der Waals surface area (Å²) in [4.78, 5) is 0. The predicted octanol–water partition coefficient (Wildman–Crippen LogP) is 0.673. The van der Waals surface area contributed by atoms with Crippen LogP contribution in [0.1, 0.15) is 12.8 Å². The zero-order valence-corrected chi connectivity index (χ0v) is 4.76. The van der Waals surface area contributed by atoms with Crippen LogP contribution in [0.25, 0.3) is 0 Å². The molecule has 0 amide bonds. The molecule has 0 saturated carbocycles. The maximum atomic E-state index is 8.37. The molecule has 0 unspecified atom stereocenters. The van der Waals surface area contributed by atoms with E-state index in [2.05, 4.69) is 0 Å². The van der Waals surface area contributed by atoms with Crippen molar-refractivity contribution in [2.75, 3.05) is 13.2 Å². The minimum Gasteiger partial charge on any atom is -0.498 e. The Hall–Kier alpha value is -0.500. The fraction of sp³-hybridized carbons (Fsp3) is 0.667. The highest BCUT2D eigenvalue weighted by Gasteiger charge is 2.04. The summed E-state index contributed by atoms with van der Waals surface area (Å²) in [5.41, 5.74) is 0. The van der Waals surface area contributed by atoms with Gasteiger partial charge in [0.15, 0.2) is 0 Å². The van der Waals surface area contributed by atoms with Gasteiger partial charge in [0, 0.05) is 6.42 Å². The van der Waals surface area contributed by atoms with Crippen LogP contribution in [0.15, 0.2) is 11.8 Å². The third kappa shape index (κ3) is 1.23. The van der Waals surface area contributed by atoms with Gasteiger partial charge in [0.1, 0.15) is 0 Å². The van der Waals surface area contributed by atoms with Gasteiger partial charge in [-0.05, 0) is 12.5 Å². The first-order valence-electron chi connectivity index (χ1n) is 2.86. The standard InChI is InChI=1S/C6H10O2/c7-4-3-6-2-1-5-8-6/h3,7H,1-2,4-5H2/b6-3-. The van der Waals surface area contributed by atoms with Gasteiger partial charge in [-0.1, -0.05) is 0 Å². The monoisotopic (exact) mass is 114 g/mol. The molecule has 0 atom stereocenters. The number of hydrogen-bond donors (Lipinski definition) is 1. The molecule has 1 saturated heterocycles. The smallest absolute Gasteiger partial charge is 0.0944 e. The number of allylic oxidation sites excluding steroid dienone is 1. The van der Waals surface area contributed by atoms with E-state index in [1.807, 2.05) is 0 Å². The molecule has 0 aromatic carbocycles. The molecular formula is C6H10O2. The maximum absolute atomic E-state index is 8.37. The Bertz CT molecular complexity index is 88.7. The highest BCUT2D eigenvalue weighted by molar-refractivity contribution is 4.95. The van der Waals surface area contributed by atoms with Crippen LogP contribution in [0.3, 0.4) is 0 Å². The van der Waals surface area contributed by atoms with Gasteiger partial charge in [0.25, 0.3) is 0 Å². The first-order valence-corrected chi connectivity index (χ1v) is 2.86. The van der Waals surface area contributed by atoms with Crippen LogP contribution < -0.4 is 0 Å². The normalized spacial score (nSPS) is 23.9. The summed E-state index contributed by atoms with van der Waals surface area (Å²) < 4.78 is 5.09. The summed E-state index contributed by atoms with van der Waals surface area (Å²) in [7, 11) is 0. The Morgan fingerprint density at radius 1 is 1.75 bits per heavy atom. The Balaban J connectivity index is 2.33. The third-order valence-electron chi connectivity index (χ3n) is 1.17. The molecule has 0 radical (unpaired) electrons. The minimum absolute atomic E-state index is 0.106. The highest BCUT2D eigenvalue weighted by Crippen LogP contribution is 2.14. The second-order valence-electron chi connectivity index (χ2n) is 1.81. The van der Waals surface area contributed by atoms with Gasteiger partial charge in [-0.2, -0.15) is 0 Å². The van der Waals surface area contributed by atoms with E-state index in [1.54, 1.807) is 6.08 Å². The van der Waals surface area contributed by atoms with Crippen LogP contribution in [0.2, 0.25) is 0 Å². The van der Waals surface area contributed by atoms with Crippen LogP contribution in [0.5, 0.6) is 0 Å². The average molecular weight is 114 g/mol. The lowest BCUT2D eigenvalue weighted by Crippen LogP contribution is -1.81. The van der Waals surface area contributed by atoms with Crippen molar-refractivity contribution in [2.24, 2.45) is 0 Å². The number of hydrogen-bond acceptors (Lipinski definition) is 2. The van der Waals surface area contributed by atoms with Crippen LogP contribution in [-0.4, -0.2) is 18.3 Å². The molecule has 1 fully saturated rings. The quantitative estimate of drug-likeness (QED) is 0.543. The highest BCUT2D eigenvalue weighted by atomic mass is 16.5. The van der Waals surface area contributed by atoms with E-state index in [0.717, 1.165) is 25.2 Å². The molecule has 0 spiro atoms. The van der Waals surface area contributed by atoms with Gasteiger partial charge in [0.05, 0.1) is 19.0 Å². The molecule has 1 aliphatic heterocycles. The molecule has 2 nitrogen and oxygen atoms in total. The van der Waals surface area contributed by atoms with E-state index in [1.165, 1.54) is 0 Å². The largest absolute Gasteiger partial charge is 0.498 e. The second kappa shape index (κ2) is 2.72. The summed E-state index contributed by atoms with van der Waals surface area (Å²) in [5.74, 6) is 0.951. The van der Waals surface area contributed by atoms with Crippen LogP contribution in [0.4, 0.5) is 0 Å². The summed E-state index contributed by atoms with van der Waals surface area (Å²) >= 11 is 0. The molecule has 8 heavy (non-hydrogen) atoms. The van der Waals surface area contributed by atoms with Gasteiger partial charge in [0.2, 0.25) is 0 Å². The van der Waals surface area contributed by atoms with E-state index >= 15 is 0 Å². The van der Waals surface area contributed by atoms with Crippen molar-refractivity contribution in [1.29, 1.82) is 0 Å². The Morgan fingerprint density at radius 3 is 3.12 bits per heavy atom. The first-order chi connectivity index (χ1) is 3.93. The topological polar surface area (TPSA) is 29.5 Å². The molecular weight excluding hydrogens is 104 g/mol. The summed E-state index contributed by atoms with van der Waals surface area (Å²) in [5, 5.41) is 8.37. The second-order valence-corrected chi connectivity index (χ2v) is 1.81. The van der Waals surface area contributed by atoms with Gasteiger partial charge in [-0.3, -0.25) is 0 Å². The zero-order valence-electron chi connectivity index (χ0n) is 4.76. The minimum atomic E-state index is 0.106. The third-order valence-corrected chi connectivity index (χ3v) is 1.17. The van der Waals surface area contributed by atoms with Crippen molar-refractivity contribution in [3.8, 4) is 0 Å². The lowest BCUT2D eigenvalue weighted by molar-refractivity contribution is 0.255. The van der Waals surface area contributed by atoms with Gasteiger partial charge >= 0.3 is 0 Å². The van der Waals surface area contributed by atoms with E-state index in [9.17, 15) is 0 Å². The SMILES string of the molecule is OC/C=C1/CCCO1. The number of ether oxygens (including phenoxy) is 1. The molecule has 0 aromatic heterocycles. The Morgan fingerprint density at radius 2 is 2.62 bits per heavy atom. The van der Waals surface area contributed by atoms with Gasteiger partial charge in [-0.25, -0.2) is 0 Å². The lowest BCUT2D eigenvalue weighted by atomic mass is 10.3. The van der Waals surface area contributed by atoms with E-state index in [-0.39, 0.29) is 6.61 Å². The van der Waals surface area contributed by atoms with Gasteiger partial charge in [-0.15, -0.1) is 0 Å².